The molecule has 21 heavy (non-hydrogen) atoms. The van der Waals surface area contributed by atoms with Gasteiger partial charge in [0.15, 0.2) is 5.82 Å². The summed E-state index contributed by atoms with van der Waals surface area (Å²) < 4.78 is 6.22. The molecule has 3 atom stereocenters. The fourth-order valence-corrected chi connectivity index (χ4v) is 4.33. The fraction of sp³-hybridized carbons (Fsp3) is 0.750. The van der Waals surface area contributed by atoms with Crippen LogP contribution >= 0.6 is 0 Å². The Bertz CT molecular complexity index is 545. The molecule has 2 aliphatic carbocycles. The molecule has 2 aliphatic rings. The molecule has 2 bridgehead atoms. The number of nitrogen functional groups attached to an aromatic ring is 1. The molecule has 0 spiro atoms. The molecule has 2 saturated carbocycles. The monoisotopic (exact) mass is 290 g/mol. The van der Waals surface area contributed by atoms with Gasteiger partial charge in [-0.1, -0.05) is 20.8 Å². The molecule has 3 rings (SSSR count). The number of hydrogen-bond acceptors (Lipinski definition) is 5. The number of ether oxygens (including phenoxy) is 1. The molecule has 3 unspecified atom stereocenters. The molecule has 0 amide bonds. The topological polar surface area (TPSA) is 73.1 Å². The first-order valence-corrected chi connectivity index (χ1v) is 7.79. The summed E-state index contributed by atoms with van der Waals surface area (Å²) in [5, 5.41) is 0. The number of hydrazine groups is 1. The Hall–Kier alpha value is -1.20. The number of rotatable bonds is 4. The average molecular weight is 290 g/mol. The summed E-state index contributed by atoms with van der Waals surface area (Å²) in [4.78, 5) is 8.79. The number of hydrogen-bond donors (Lipinski definition) is 2. The van der Waals surface area contributed by atoms with Crippen molar-refractivity contribution in [2.45, 2.75) is 59.7 Å². The van der Waals surface area contributed by atoms with Crippen LogP contribution in [-0.4, -0.2) is 16.1 Å². The molecule has 5 nitrogen and oxygen atoms in total. The van der Waals surface area contributed by atoms with Gasteiger partial charge >= 0.3 is 0 Å². The Labute approximate surface area is 126 Å². The first-order valence-electron chi connectivity index (χ1n) is 7.79. The van der Waals surface area contributed by atoms with Crippen molar-refractivity contribution in [3.63, 3.8) is 0 Å². The zero-order valence-corrected chi connectivity index (χ0v) is 13.4. The Morgan fingerprint density at radius 3 is 2.71 bits per heavy atom. The average Bonchev–Trinajstić information content (AvgIpc) is 2.77. The van der Waals surface area contributed by atoms with Crippen LogP contribution in [0.2, 0.25) is 0 Å². The van der Waals surface area contributed by atoms with Gasteiger partial charge in [-0.15, -0.1) is 0 Å². The van der Waals surface area contributed by atoms with Crippen molar-refractivity contribution in [1.82, 2.24) is 9.97 Å². The van der Waals surface area contributed by atoms with E-state index in [0.717, 1.165) is 18.0 Å². The van der Waals surface area contributed by atoms with E-state index in [1.165, 1.54) is 12.8 Å². The van der Waals surface area contributed by atoms with E-state index in [-0.39, 0.29) is 5.41 Å². The van der Waals surface area contributed by atoms with E-state index in [9.17, 15) is 0 Å². The lowest BCUT2D eigenvalue weighted by atomic mass is 9.70. The summed E-state index contributed by atoms with van der Waals surface area (Å²) in [6, 6.07) is 1.82. The van der Waals surface area contributed by atoms with Crippen LogP contribution in [0.3, 0.4) is 0 Å². The van der Waals surface area contributed by atoms with Crippen molar-refractivity contribution < 1.29 is 4.74 Å². The number of nitrogens with one attached hydrogen (secondary N) is 1. The largest absolute Gasteiger partial charge is 0.370 e. The highest BCUT2D eigenvalue weighted by Crippen LogP contribution is 2.66. The lowest BCUT2D eigenvalue weighted by molar-refractivity contribution is -0.0570. The predicted octanol–water partition coefficient (Wildman–Crippen LogP) is 2.80. The summed E-state index contributed by atoms with van der Waals surface area (Å²) in [6.07, 6.45) is 4.08. The zero-order chi connectivity index (χ0) is 15.3. The molecule has 0 radical (unpaired) electrons. The van der Waals surface area contributed by atoms with Crippen LogP contribution in [0, 0.1) is 23.7 Å². The minimum atomic E-state index is 0.274. The molecule has 0 aromatic carbocycles. The Morgan fingerprint density at radius 1 is 1.38 bits per heavy atom. The van der Waals surface area contributed by atoms with Crippen LogP contribution in [0.15, 0.2) is 6.07 Å². The second-order valence-electron chi connectivity index (χ2n) is 7.37. The van der Waals surface area contributed by atoms with Crippen LogP contribution in [-0.2, 0) is 11.3 Å². The predicted molar refractivity (Wildman–Crippen MR) is 82.4 cm³/mol. The van der Waals surface area contributed by atoms with Gasteiger partial charge in [0, 0.05) is 11.8 Å². The third kappa shape index (κ3) is 2.23. The van der Waals surface area contributed by atoms with E-state index >= 15 is 0 Å². The summed E-state index contributed by atoms with van der Waals surface area (Å²) in [7, 11) is 0. The van der Waals surface area contributed by atoms with Gasteiger partial charge in [0.05, 0.1) is 6.10 Å². The van der Waals surface area contributed by atoms with E-state index < -0.39 is 0 Å². The summed E-state index contributed by atoms with van der Waals surface area (Å²) in [6.45, 7) is 9.57. The van der Waals surface area contributed by atoms with Crippen molar-refractivity contribution in [2.75, 3.05) is 5.43 Å². The molecule has 1 heterocycles. The van der Waals surface area contributed by atoms with Crippen molar-refractivity contribution in [3.05, 3.63) is 17.6 Å². The van der Waals surface area contributed by atoms with Crippen LogP contribution in [0.5, 0.6) is 0 Å². The van der Waals surface area contributed by atoms with Crippen LogP contribution in [0.4, 0.5) is 5.82 Å². The molecule has 3 N–H and O–H groups in total. The maximum absolute atomic E-state index is 6.22. The fourth-order valence-electron chi connectivity index (χ4n) is 4.33. The van der Waals surface area contributed by atoms with Crippen molar-refractivity contribution >= 4 is 5.82 Å². The standard InChI is InChI=1S/C16H26N4O/c1-10-7-13(20-17)19-14(18-10)9-21-12-8-11-5-6-16(12,4)15(11,2)3/h7,11-12H,5-6,8-9,17H2,1-4H3,(H,18,19,20). The molecule has 0 saturated heterocycles. The van der Waals surface area contributed by atoms with E-state index in [0.29, 0.717) is 29.8 Å². The van der Waals surface area contributed by atoms with Gasteiger partial charge in [0.25, 0.3) is 0 Å². The van der Waals surface area contributed by atoms with Gasteiger partial charge < -0.3 is 10.2 Å². The molecule has 2 fully saturated rings. The zero-order valence-electron chi connectivity index (χ0n) is 13.4. The van der Waals surface area contributed by atoms with Gasteiger partial charge in [0.2, 0.25) is 0 Å². The number of aryl methyl sites for hydroxylation is 1. The quantitative estimate of drug-likeness (QED) is 0.659. The Kier molecular flexibility index (Phi) is 3.45. The minimum absolute atomic E-state index is 0.274. The highest BCUT2D eigenvalue weighted by Gasteiger charge is 2.61. The minimum Gasteiger partial charge on any atom is -0.370 e. The number of anilines is 1. The van der Waals surface area contributed by atoms with Crippen molar-refractivity contribution in [1.29, 1.82) is 0 Å². The van der Waals surface area contributed by atoms with Crippen LogP contribution < -0.4 is 11.3 Å². The second kappa shape index (κ2) is 4.92. The number of aromatic nitrogens is 2. The maximum atomic E-state index is 6.22. The molecular weight excluding hydrogens is 264 g/mol. The van der Waals surface area contributed by atoms with Crippen LogP contribution in [0.25, 0.3) is 0 Å². The summed E-state index contributed by atoms with van der Waals surface area (Å²) >= 11 is 0. The maximum Gasteiger partial charge on any atom is 0.156 e. The van der Waals surface area contributed by atoms with Crippen molar-refractivity contribution in [2.24, 2.45) is 22.6 Å². The second-order valence-corrected chi connectivity index (χ2v) is 7.37. The summed E-state index contributed by atoms with van der Waals surface area (Å²) in [5.74, 6) is 7.56. The third-order valence-corrected chi connectivity index (χ3v) is 6.18. The number of fused-ring (bicyclic) bond motifs is 2. The van der Waals surface area contributed by atoms with E-state index in [1.54, 1.807) is 0 Å². The van der Waals surface area contributed by atoms with E-state index in [2.05, 4.69) is 36.2 Å². The molecule has 1 aromatic rings. The Balaban J connectivity index is 1.71. The first-order chi connectivity index (χ1) is 9.86. The lowest BCUT2D eigenvalue weighted by Gasteiger charge is -2.38. The first kappa shape index (κ1) is 14.7. The third-order valence-electron chi connectivity index (χ3n) is 6.18. The molecular formula is C16H26N4O. The van der Waals surface area contributed by atoms with Gasteiger partial charge in [0.1, 0.15) is 12.4 Å². The number of nitrogens with zero attached hydrogens (tertiary/aromatic N) is 2. The molecule has 0 aliphatic heterocycles. The van der Waals surface area contributed by atoms with E-state index in [4.69, 9.17) is 10.6 Å². The highest BCUT2D eigenvalue weighted by molar-refractivity contribution is 5.33. The summed E-state index contributed by atoms with van der Waals surface area (Å²) in [5.41, 5.74) is 4.12. The Morgan fingerprint density at radius 2 is 2.14 bits per heavy atom. The normalized spacial score (nSPS) is 33.4. The van der Waals surface area contributed by atoms with Gasteiger partial charge in [-0.05, 0) is 42.9 Å². The highest BCUT2D eigenvalue weighted by atomic mass is 16.5. The lowest BCUT2D eigenvalue weighted by Crippen LogP contribution is -2.37. The van der Waals surface area contributed by atoms with Crippen LogP contribution in [0.1, 0.15) is 51.6 Å². The van der Waals surface area contributed by atoms with Crippen molar-refractivity contribution in [3.8, 4) is 0 Å². The van der Waals surface area contributed by atoms with Gasteiger partial charge in [-0.25, -0.2) is 15.8 Å². The number of nitrogens with two attached hydrogens (primary N) is 1. The van der Waals surface area contributed by atoms with Gasteiger partial charge in [-0.3, -0.25) is 0 Å². The SMILES string of the molecule is Cc1cc(NN)nc(COC2CC3CCC2(C)C3(C)C)n1. The van der Waals surface area contributed by atoms with Gasteiger partial charge in [-0.2, -0.15) is 0 Å². The molecule has 116 valence electrons. The van der Waals surface area contributed by atoms with E-state index in [1.807, 2.05) is 13.0 Å². The molecule has 5 heteroatoms. The molecule has 1 aromatic heterocycles. The smallest absolute Gasteiger partial charge is 0.156 e.